The summed E-state index contributed by atoms with van der Waals surface area (Å²) >= 11 is 0. The Balaban J connectivity index is 1.58. The molecule has 0 unspecified atom stereocenters. The van der Waals surface area contributed by atoms with Crippen LogP contribution in [0.1, 0.15) is 62.8 Å². The van der Waals surface area contributed by atoms with Crippen molar-refractivity contribution in [2.45, 2.75) is 38.8 Å². The van der Waals surface area contributed by atoms with E-state index in [2.05, 4.69) is 33.5 Å². The van der Waals surface area contributed by atoms with Gasteiger partial charge in [-0.05, 0) is 62.1 Å². The van der Waals surface area contributed by atoms with E-state index in [0.29, 0.717) is 49.0 Å². The second kappa shape index (κ2) is 11.5. The third-order valence-electron chi connectivity index (χ3n) is 7.39. The van der Waals surface area contributed by atoms with Gasteiger partial charge >= 0.3 is 0 Å². The van der Waals surface area contributed by atoms with E-state index in [4.69, 9.17) is 4.74 Å². The fourth-order valence-corrected chi connectivity index (χ4v) is 5.31. The number of hydrogen-bond donors (Lipinski definition) is 2. The minimum Gasteiger partial charge on any atom is -0.379 e. The number of hydrogen-bond acceptors (Lipinski definition) is 7. The van der Waals surface area contributed by atoms with E-state index < -0.39 is 5.91 Å². The van der Waals surface area contributed by atoms with Gasteiger partial charge in [0.2, 0.25) is 5.96 Å². The number of anilines is 2. The van der Waals surface area contributed by atoms with E-state index >= 15 is 0 Å². The summed E-state index contributed by atoms with van der Waals surface area (Å²) in [6.07, 6.45) is 2.47. The molecule has 3 aliphatic rings. The normalized spacial score (nSPS) is 21.6. The number of fused-ring (bicyclic) bond motifs is 5. The van der Waals surface area contributed by atoms with Gasteiger partial charge in [-0.25, -0.2) is 0 Å². The minimum absolute atomic E-state index is 0.0471. The summed E-state index contributed by atoms with van der Waals surface area (Å²) in [5.41, 5.74) is 3.85. The van der Waals surface area contributed by atoms with Gasteiger partial charge in [0.15, 0.2) is 0 Å². The summed E-state index contributed by atoms with van der Waals surface area (Å²) in [4.78, 5) is 49.8. The van der Waals surface area contributed by atoms with Gasteiger partial charge < -0.3 is 25.2 Å². The highest BCUT2D eigenvalue weighted by Crippen LogP contribution is 2.40. The molecule has 10 heteroatoms. The Morgan fingerprint density at radius 1 is 1.10 bits per heavy atom. The Kier molecular flexibility index (Phi) is 7.94. The zero-order valence-corrected chi connectivity index (χ0v) is 22.8. The predicted molar refractivity (Wildman–Crippen MR) is 151 cm³/mol. The molecule has 3 amide bonds. The lowest BCUT2D eigenvalue weighted by atomic mass is 10.0. The first-order valence-electron chi connectivity index (χ1n) is 13.6. The molecular weight excluding hydrogens is 496 g/mol. The van der Waals surface area contributed by atoms with Gasteiger partial charge in [0.1, 0.15) is 0 Å². The highest BCUT2D eigenvalue weighted by atomic mass is 16.5. The lowest BCUT2D eigenvalue weighted by Crippen LogP contribution is -2.40. The lowest BCUT2D eigenvalue weighted by Gasteiger charge is -2.29. The molecule has 0 aromatic heterocycles. The second-order valence-corrected chi connectivity index (χ2v) is 10.5. The monoisotopic (exact) mass is 532 g/mol. The molecule has 2 aromatic carbocycles. The first-order valence-corrected chi connectivity index (χ1v) is 13.6. The molecular formula is C29H36N6O4. The molecule has 2 bridgehead atoms. The van der Waals surface area contributed by atoms with Gasteiger partial charge in [0.25, 0.3) is 17.7 Å². The first kappa shape index (κ1) is 26.8. The van der Waals surface area contributed by atoms with E-state index in [-0.39, 0.29) is 17.9 Å². The van der Waals surface area contributed by atoms with Crippen LogP contribution in [0.2, 0.25) is 0 Å². The van der Waals surface area contributed by atoms with Crippen LogP contribution in [0.5, 0.6) is 0 Å². The molecule has 1 atom stereocenters. The molecule has 1 fully saturated rings. The molecule has 39 heavy (non-hydrogen) atoms. The third-order valence-corrected chi connectivity index (χ3v) is 7.39. The van der Waals surface area contributed by atoms with Crippen LogP contribution < -0.4 is 15.5 Å². The van der Waals surface area contributed by atoms with Crippen LogP contribution in [-0.4, -0.2) is 86.5 Å². The Hall–Kier alpha value is -3.76. The van der Waals surface area contributed by atoms with Gasteiger partial charge in [-0.1, -0.05) is 6.07 Å². The smallest absolute Gasteiger partial charge is 0.280 e. The predicted octanol–water partition coefficient (Wildman–Crippen LogP) is 2.95. The fraction of sp³-hybridized carbons (Fsp3) is 0.448. The maximum absolute atomic E-state index is 13.5. The molecule has 1 saturated heterocycles. The molecule has 5 rings (SSSR count). The van der Waals surface area contributed by atoms with Crippen molar-refractivity contribution in [2.75, 3.05) is 57.2 Å². The number of nitrogens with one attached hydrogen (secondary N) is 2. The van der Waals surface area contributed by atoms with Gasteiger partial charge in [0.05, 0.1) is 30.2 Å². The third kappa shape index (κ3) is 5.81. The van der Waals surface area contributed by atoms with Crippen molar-refractivity contribution in [1.29, 1.82) is 0 Å². The van der Waals surface area contributed by atoms with Crippen LogP contribution >= 0.6 is 0 Å². The lowest BCUT2D eigenvalue weighted by molar-refractivity contribution is 0.0342. The van der Waals surface area contributed by atoms with Gasteiger partial charge in [0, 0.05) is 57.4 Å². The maximum Gasteiger partial charge on any atom is 0.280 e. The number of amides is 3. The Labute approximate surface area is 229 Å². The van der Waals surface area contributed by atoms with Crippen LogP contribution in [-0.2, 0) is 11.3 Å². The number of rotatable bonds is 3. The molecule has 2 aromatic rings. The number of ether oxygens (including phenoxy) is 1. The highest BCUT2D eigenvalue weighted by Gasteiger charge is 2.35. The topological polar surface area (TPSA) is 107 Å². The highest BCUT2D eigenvalue weighted by molar-refractivity contribution is 6.22. The Morgan fingerprint density at radius 3 is 2.64 bits per heavy atom. The largest absolute Gasteiger partial charge is 0.379 e. The second-order valence-electron chi connectivity index (χ2n) is 10.5. The number of carbonyl (C=O) groups is 3. The Bertz CT molecular complexity index is 1300. The number of nitrogens with zero attached hydrogens (tertiary/aromatic N) is 4. The summed E-state index contributed by atoms with van der Waals surface area (Å²) in [7, 11) is 3.50. The first-order chi connectivity index (χ1) is 18.8. The van der Waals surface area contributed by atoms with Crippen molar-refractivity contribution >= 4 is 35.1 Å². The summed E-state index contributed by atoms with van der Waals surface area (Å²) < 4.78 is 5.50. The van der Waals surface area contributed by atoms with E-state index in [1.165, 1.54) is 0 Å². The van der Waals surface area contributed by atoms with Crippen LogP contribution in [0.25, 0.3) is 0 Å². The van der Waals surface area contributed by atoms with Crippen LogP contribution in [0.3, 0.4) is 0 Å². The SMILES string of the molecule is C[C@H]1CCCCNC(=O)c2cccc(c2)C(=O)/N=C2\Nc3cc(CN4CCOCC4)cc(C(=O)N(C)C)c3N21. The number of guanidine groups is 1. The van der Waals surface area contributed by atoms with E-state index in [1.807, 2.05) is 11.0 Å². The molecule has 10 nitrogen and oxygen atoms in total. The molecule has 3 aliphatic heterocycles. The summed E-state index contributed by atoms with van der Waals surface area (Å²) in [6.45, 7) is 6.38. The van der Waals surface area contributed by atoms with Crippen molar-refractivity contribution in [3.05, 3.63) is 58.7 Å². The average molecular weight is 533 g/mol. The number of morpholine rings is 1. The zero-order valence-electron chi connectivity index (χ0n) is 22.8. The molecule has 0 radical (unpaired) electrons. The molecule has 0 spiro atoms. The van der Waals surface area contributed by atoms with Gasteiger partial charge in [-0.3, -0.25) is 19.3 Å². The Morgan fingerprint density at radius 2 is 1.87 bits per heavy atom. The van der Waals surface area contributed by atoms with Crippen LogP contribution in [0, 0.1) is 0 Å². The van der Waals surface area contributed by atoms with E-state index in [1.54, 1.807) is 43.3 Å². The van der Waals surface area contributed by atoms with Crippen molar-refractivity contribution < 1.29 is 19.1 Å². The quantitative estimate of drug-likeness (QED) is 0.626. The zero-order chi connectivity index (χ0) is 27.5. The molecule has 0 aliphatic carbocycles. The average Bonchev–Trinajstić information content (AvgIpc) is 3.29. The van der Waals surface area contributed by atoms with E-state index in [9.17, 15) is 14.4 Å². The van der Waals surface area contributed by atoms with Gasteiger partial charge in [-0.2, -0.15) is 4.99 Å². The van der Waals surface area contributed by atoms with Crippen molar-refractivity contribution in [3.8, 4) is 0 Å². The number of carbonyl (C=O) groups excluding carboxylic acids is 3. The number of benzene rings is 2. The molecule has 0 saturated carbocycles. The van der Waals surface area contributed by atoms with Crippen LogP contribution in [0.15, 0.2) is 41.4 Å². The summed E-state index contributed by atoms with van der Waals surface area (Å²) in [6, 6.07) is 10.6. The summed E-state index contributed by atoms with van der Waals surface area (Å²) in [5, 5.41) is 6.31. The van der Waals surface area contributed by atoms with E-state index in [0.717, 1.165) is 49.3 Å². The maximum atomic E-state index is 13.5. The van der Waals surface area contributed by atoms with Crippen LogP contribution in [0.4, 0.5) is 11.4 Å². The minimum atomic E-state index is -0.455. The molecule has 2 N–H and O–H groups in total. The van der Waals surface area contributed by atoms with Crippen molar-refractivity contribution in [3.63, 3.8) is 0 Å². The van der Waals surface area contributed by atoms with Crippen molar-refractivity contribution in [2.24, 2.45) is 4.99 Å². The van der Waals surface area contributed by atoms with Gasteiger partial charge in [-0.15, -0.1) is 0 Å². The summed E-state index contributed by atoms with van der Waals surface area (Å²) in [5.74, 6) is -0.365. The number of aliphatic imine (C=N–C) groups is 1. The standard InChI is InChI=1S/C29H36N6O4/c1-19-7-4-5-10-30-26(36)21-8-6-9-22(17-21)27(37)32-29-31-24-16-20(18-34-11-13-39-14-12-34)15-23(25(24)35(19)29)28(38)33(2)3/h6,8-9,15-17,19H,4-5,7,10-14,18H2,1-3H3,(H,30,36)(H,31,32,37)/t19-/m0/s1. The molecule has 3 heterocycles. The molecule has 206 valence electrons. The fourth-order valence-electron chi connectivity index (χ4n) is 5.31. The van der Waals surface area contributed by atoms with Crippen molar-refractivity contribution in [1.82, 2.24) is 15.1 Å².